The lowest BCUT2D eigenvalue weighted by Crippen LogP contribution is -2.45. The van der Waals surface area contributed by atoms with Crippen molar-refractivity contribution >= 4 is 5.91 Å². The third-order valence-electron chi connectivity index (χ3n) is 5.29. The minimum Gasteiger partial charge on any atom is -0.381 e. The molecule has 6 nitrogen and oxygen atoms in total. The van der Waals surface area contributed by atoms with Gasteiger partial charge in [0, 0.05) is 78.5 Å². The van der Waals surface area contributed by atoms with Gasteiger partial charge in [0.1, 0.15) is 0 Å². The minimum atomic E-state index is 0.0298. The normalized spacial score (nSPS) is 24.0. The fraction of sp³-hybridized carbons (Fsp3) is 0.684. The standard InChI is InChI=1S/C19H30N4O2/c1-21(2)19(24)17-14-22(13-16-3-7-20-8-4-16)9-10-23(15-17)18-5-11-25-12-6-18/h3-4,7-8,17-18H,5-6,9-15H2,1-2H3/t17-/m1/s1. The van der Waals surface area contributed by atoms with Gasteiger partial charge < -0.3 is 9.64 Å². The zero-order chi connectivity index (χ0) is 17.6. The number of nitrogens with zero attached hydrogens (tertiary/aromatic N) is 4. The number of aromatic nitrogens is 1. The van der Waals surface area contributed by atoms with Crippen LogP contribution in [0.2, 0.25) is 0 Å². The van der Waals surface area contributed by atoms with E-state index >= 15 is 0 Å². The molecule has 0 N–H and O–H groups in total. The molecule has 0 bridgehead atoms. The van der Waals surface area contributed by atoms with Crippen LogP contribution in [-0.2, 0) is 16.1 Å². The molecule has 0 aromatic carbocycles. The summed E-state index contributed by atoms with van der Waals surface area (Å²) >= 11 is 0. The zero-order valence-corrected chi connectivity index (χ0v) is 15.4. The Balaban J connectivity index is 1.70. The first kappa shape index (κ1) is 18.3. The van der Waals surface area contributed by atoms with E-state index in [0.717, 1.165) is 58.8 Å². The van der Waals surface area contributed by atoms with Crippen LogP contribution in [0, 0.1) is 5.92 Å². The van der Waals surface area contributed by atoms with E-state index in [2.05, 4.69) is 26.9 Å². The molecule has 1 amide bonds. The van der Waals surface area contributed by atoms with Crippen LogP contribution >= 0.6 is 0 Å². The predicted molar refractivity (Wildman–Crippen MR) is 97.1 cm³/mol. The number of pyridine rings is 1. The molecule has 0 radical (unpaired) electrons. The summed E-state index contributed by atoms with van der Waals surface area (Å²) in [7, 11) is 3.72. The average molecular weight is 346 g/mol. The van der Waals surface area contributed by atoms with Gasteiger partial charge in [-0.05, 0) is 30.5 Å². The van der Waals surface area contributed by atoms with Crippen LogP contribution in [0.15, 0.2) is 24.5 Å². The van der Waals surface area contributed by atoms with Gasteiger partial charge in [0.2, 0.25) is 5.91 Å². The second-order valence-electron chi connectivity index (χ2n) is 7.36. The second-order valence-corrected chi connectivity index (χ2v) is 7.36. The third-order valence-corrected chi connectivity index (χ3v) is 5.29. The second kappa shape index (κ2) is 8.74. The van der Waals surface area contributed by atoms with Gasteiger partial charge in [-0.15, -0.1) is 0 Å². The first-order valence-electron chi connectivity index (χ1n) is 9.27. The van der Waals surface area contributed by atoms with Gasteiger partial charge in [-0.3, -0.25) is 19.6 Å². The quantitative estimate of drug-likeness (QED) is 0.817. The average Bonchev–Trinajstić information content (AvgIpc) is 2.85. The van der Waals surface area contributed by atoms with Crippen molar-refractivity contribution in [2.75, 3.05) is 53.5 Å². The molecule has 0 spiro atoms. The highest BCUT2D eigenvalue weighted by Gasteiger charge is 2.32. The van der Waals surface area contributed by atoms with Gasteiger partial charge in [-0.25, -0.2) is 0 Å². The molecule has 3 rings (SSSR count). The fourth-order valence-corrected chi connectivity index (χ4v) is 3.90. The maximum atomic E-state index is 12.7. The highest BCUT2D eigenvalue weighted by molar-refractivity contribution is 5.78. The summed E-state index contributed by atoms with van der Waals surface area (Å²) in [4.78, 5) is 23.5. The molecule has 3 heterocycles. The monoisotopic (exact) mass is 346 g/mol. The summed E-state index contributed by atoms with van der Waals surface area (Å²) in [5.74, 6) is 0.265. The Morgan fingerprint density at radius 3 is 2.60 bits per heavy atom. The molecule has 2 aliphatic rings. The van der Waals surface area contributed by atoms with Crippen molar-refractivity contribution in [1.29, 1.82) is 0 Å². The number of hydrogen-bond donors (Lipinski definition) is 0. The van der Waals surface area contributed by atoms with Crippen LogP contribution in [0.4, 0.5) is 0 Å². The first-order valence-corrected chi connectivity index (χ1v) is 9.27. The van der Waals surface area contributed by atoms with Crippen LogP contribution in [0.25, 0.3) is 0 Å². The number of carbonyl (C=O) groups excluding carboxylic acids is 1. The van der Waals surface area contributed by atoms with Crippen molar-refractivity contribution in [2.45, 2.75) is 25.4 Å². The summed E-state index contributed by atoms with van der Waals surface area (Å²) in [6, 6.07) is 4.67. The SMILES string of the molecule is CN(C)C(=O)[C@@H]1CN(Cc2ccncc2)CCN(C2CCOCC2)C1. The van der Waals surface area contributed by atoms with E-state index in [1.807, 2.05) is 26.5 Å². The molecule has 0 aliphatic carbocycles. The zero-order valence-electron chi connectivity index (χ0n) is 15.4. The molecule has 0 saturated carbocycles. The van der Waals surface area contributed by atoms with Gasteiger partial charge in [0.15, 0.2) is 0 Å². The number of rotatable bonds is 4. The Bertz CT molecular complexity index is 546. The molecule has 1 aromatic rings. The van der Waals surface area contributed by atoms with Crippen LogP contribution in [0.3, 0.4) is 0 Å². The van der Waals surface area contributed by atoms with Crippen LogP contribution in [-0.4, -0.2) is 85.1 Å². The van der Waals surface area contributed by atoms with E-state index < -0.39 is 0 Å². The van der Waals surface area contributed by atoms with Crippen molar-refractivity contribution in [3.63, 3.8) is 0 Å². The molecular formula is C19H30N4O2. The smallest absolute Gasteiger partial charge is 0.227 e. The van der Waals surface area contributed by atoms with E-state index in [1.54, 1.807) is 4.90 Å². The van der Waals surface area contributed by atoms with Crippen LogP contribution in [0.1, 0.15) is 18.4 Å². The summed E-state index contributed by atoms with van der Waals surface area (Å²) in [5.41, 5.74) is 1.26. The summed E-state index contributed by atoms with van der Waals surface area (Å²) in [6.07, 6.45) is 5.83. The Labute approximate surface area is 150 Å². The van der Waals surface area contributed by atoms with E-state index in [0.29, 0.717) is 6.04 Å². The number of carbonyl (C=O) groups is 1. The summed E-state index contributed by atoms with van der Waals surface area (Å²) in [5, 5.41) is 0. The lowest BCUT2D eigenvalue weighted by Gasteiger charge is -2.34. The topological polar surface area (TPSA) is 48.9 Å². The van der Waals surface area contributed by atoms with E-state index in [4.69, 9.17) is 4.74 Å². The molecule has 1 aromatic heterocycles. The Kier molecular flexibility index (Phi) is 6.39. The molecular weight excluding hydrogens is 316 g/mol. The Morgan fingerprint density at radius 1 is 1.20 bits per heavy atom. The predicted octanol–water partition coefficient (Wildman–Crippen LogP) is 1.08. The number of amides is 1. The van der Waals surface area contributed by atoms with Crippen molar-refractivity contribution in [3.8, 4) is 0 Å². The molecule has 2 aliphatic heterocycles. The molecule has 138 valence electrons. The van der Waals surface area contributed by atoms with Crippen LogP contribution in [0.5, 0.6) is 0 Å². The maximum Gasteiger partial charge on any atom is 0.227 e. The third kappa shape index (κ3) is 5.00. The number of hydrogen-bond acceptors (Lipinski definition) is 5. The van der Waals surface area contributed by atoms with Crippen molar-refractivity contribution in [3.05, 3.63) is 30.1 Å². The maximum absolute atomic E-state index is 12.7. The van der Waals surface area contributed by atoms with Crippen LogP contribution < -0.4 is 0 Å². The molecule has 6 heteroatoms. The lowest BCUT2D eigenvalue weighted by atomic mass is 10.0. The lowest BCUT2D eigenvalue weighted by molar-refractivity contribution is -0.134. The molecule has 0 unspecified atom stereocenters. The minimum absolute atomic E-state index is 0.0298. The van der Waals surface area contributed by atoms with Crippen molar-refractivity contribution in [2.24, 2.45) is 5.92 Å². The Hall–Kier alpha value is -1.50. The highest BCUT2D eigenvalue weighted by atomic mass is 16.5. The van der Waals surface area contributed by atoms with E-state index in [-0.39, 0.29) is 11.8 Å². The van der Waals surface area contributed by atoms with E-state index in [1.165, 1.54) is 5.56 Å². The number of ether oxygens (including phenoxy) is 1. The van der Waals surface area contributed by atoms with Crippen molar-refractivity contribution in [1.82, 2.24) is 19.7 Å². The molecule has 25 heavy (non-hydrogen) atoms. The van der Waals surface area contributed by atoms with Gasteiger partial charge in [-0.2, -0.15) is 0 Å². The fourth-order valence-electron chi connectivity index (χ4n) is 3.90. The van der Waals surface area contributed by atoms with Gasteiger partial charge in [-0.1, -0.05) is 0 Å². The molecule has 1 atom stereocenters. The van der Waals surface area contributed by atoms with Gasteiger partial charge in [0.05, 0.1) is 5.92 Å². The molecule has 2 saturated heterocycles. The van der Waals surface area contributed by atoms with Gasteiger partial charge >= 0.3 is 0 Å². The largest absolute Gasteiger partial charge is 0.381 e. The summed E-state index contributed by atoms with van der Waals surface area (Å²) < 4.78 is 5.52. The van der Waals surface area contributed by atoms with Crippen molar-refractivity contribution < 1.29 is 9.53 Å². The summed E-state index contributed by atoms with van der Waals surface area (Å²) in [6.45, 7) is 6.25. The highest BCUT2D eigenvalue weighted by Crippen LogP contribution is 2.21. The molecule has 2 fully saturated rings. The Morgan fingerprint density at radius 2 is 1.92 bits per heavy atom. The van der Waals surface area contributed by atoms with Gasteiger partial charge in [0.25, 0.3) is 0 Å². The van der Waals surface area contributed by atoms with E-state index in [9.17, 15) is 4.79 Å². The first-order chi connectivity index (χ1) is 12.1.